The molecule has 0 aliphatic heterocycles. The predicted molar refractivity (Wildman–Crippen MR) is 68.2 cm³/mol. The Bertz CT molecular complexity index is 593. The quantitative estimate of drug-likeness (QED) is 0.719. The third-order valence-electron chi connectivity index (χ3n) is 2.33. The number of amides is 1. The number of nitrogens with one attached hydrogen (secondary N) is 2. The fraction of sp³-hybridized carbons (Fsp3) is 0.400. The summed E-state index contributed by atoms with van der Waals surface area (Å²) in [7, 11) is 0. The van der Waals surface area contributed by atoms with E-state index in [-0.39, 0.29) is 11.7 Å². The molecule has 2 aromatic rings. The zero-order valence-corrected chi connectivity index (χ0v) is 10.7. The van der Waals surface area contributed by atoms with Crippen LogP contribution in [0.2, 0.25) is 5.28 Å². The van der Waals surface area contributed by atoms with Crippen molar-refractivity contribution in [2.45, 2.75) is 25.8 Å². The van der Waals surface area contributed by atoms with Gasteiger partial charge in [0.1, 0.15) is 5.52 Å². The van der Waals surface area contributed by atoms with E-state index in [1.165, 1.54) is 6.33 Å². The number of H-pyrrole nitrogens is 1. The first kappa shape index (κ1) is 12.6. The molecule has 0 saturated heterocycles. The first-order valence-corrected chi connectivity index (χ1v) is 5.68. The zero-order valence-electron chi connectivity index (χ0n) is 9.99. The highest BCUT2D eigenvalue weighted by atomic mass is 35.5. The van der Waals surface area contributed by atoms with Crippen LogP contribution in [0.1, 0.15) is 20.3 Å². The molecule has 0 fully saturated rings. The van der Waals surface area contributed by atoms with Crippen LogP contribution in [0.15, 0.2) is 6.33 Å². The third kappa shape index (κ3) is 2.67. The summed E-state index contributed by atoms with van der Waals surface area (Å²) in [4.78, 5) is 26.0. The molecule has 4 N–H and O–H groups in total. The second-order valence-corrected chi connectivity index (χ2v) is 4.93. The van der Waals surface area contributed by atoms with E-state index in [4.69, 9.17) is 17.3 Å². The number of carbonyl (C=O) groups is 1. The topological polar surface area (TPSA) is 110 Å². The summed E-state index contributed by atoms with van der Waals surface area (Å²) in [6.45, 7) is 3.69. The molecule has 0 aliphatic rings. The molecule has 0 atom stereocenters. The summed E-state index contributed by atoms with van der Waals surface area (Å²) in [6.07, 6.45) is 1.67. The second kappa shape index (κ2) is 4.41. The fourth-order valence-corrected chi connectivity index (χ4v) is 1.86. The van der Waals surface area contributed by atoms with E-state index in [0.29, 0.717) is 17.0 Å². The number of imidazole rings is 1. The molecular formula is C10H13ClN6O. The van der Waals surface area contributed by atoms with E-state index in [1.807, 2.05) is 13.8 Å². The largest absolute Gasteiger partial charge is 0.370 e. The van der Waals surface area contributed by atoms with Crippen molar-refractivity contribution >= 4 is 34.5 Å². The van der Waals surface area contributed by atoms with Gasteiger partial charge >= 0.3 is 0 Å². The normalized spacial score (nSPS) is 11.7. The molecule has 2 heterocycles. The minimum Gasteiger partial charge on any atom is -0.370 e. The van der Waals surface area contributed by atoms with Gasteiger partial charge < -0.3 is 16.0 Å². The van der Waals surface area contributed by atoms with Crippen molar-refractivity contribution in [3.05, 3.63) is 11.6 Å². The van der Waals surface area contributed by atoms with Gasteiger partial charge in [-0.2, -0.15) is 9.97 Å². The molecule has 96 valence electrons. The number of hydrogen-bond donors (Lipinski definition) is 3. The van der Waals surface area contributed by atoms with Crippen molar-refractivity contribution in [3.63, 3.8) is 0 Å². The van der Waals surface area contributed by atoms with Crippen LogP contribution in [-0.4, -0.2) is 31.4 Å². The number of halogens is 1. The summed E-state index contributed by atoms with van der Waals surface area (Å²) in [5.41, 5.74) is 5.76. The Morgan fingerprint density at radius 2 is 2.28 bits per heavy atom. The van der Waals surface area contributed by atoms with Gasteiger partial charge in [0.25, 0.3) is 0 Å². The molecule has 1 amide bonds. The highest BCUT2D eigenvalue weighted by Crippen LogP contribution is 2.23. The highest BCUT2D eigenvalue weighted by Gasteiger charge is 2.22. The second-order valence-electron chi connectivity index (χ2n) is 4.59. The zero-order chi connectivity index (χ0) is 13.3. The van der Waals surface area contributed by atoms with Gasteiger partial charge in [-0.25, -0.2) is 4.98 Å². The highest BCUT2D eigenvalue weighted by molar-refractivity contribution is 6.28. The number of hydrogen-bond acceptors (Lipinski definition) is 5. The standard InChI is InChI=1S/C10H13ClN6O/c1-10(2,3-5(12)18)17-8-6-7(14-4-13-6)15-9(11)16-8/h4H,3H2,1-2H3,(H2,12,18)(H2,13,14,15,16,17). The maximum Gasteiger partial charge on any atom is 0.226 e. The molecule has 7 nitrogen and oxygen atoms in total. The minimum atomic E-state index is -0.540. The van der Waals surface area contributed by atoms with Gasteiger partial charge in [-0.15, -0.1) is 0 Å². The van der Waals surface area contributed by atoms with Gasteiger partial charge in [-0.1, -0.05) is 0 Å². The average molecular weight is 269 g/mol. The number of carbonyl (C=O) groups excluding carboxylic acids is 1. The summed E-state index contributed by atoms with van der Waals surface area (Å²) >= 11 is 5.81. The first-order chi connectivity index (χ1) is 8.37. The summed E-state index contributed by atoms with van der Waals surface area (Å²) in [5, 5.41) is 3.20. The lowest BCUT2D eigenvalue weighted by Gasteiger charge is -2.25. The van der Waals surface area contributed by atoms with Crippen LogP contribution in [0, 0.1) is 0 Å². The Labute approximate surface area is 108 Å². The molecule has 2 aromatic heterocycles. The molecule has 8 heteroatoms. The number of nitrogens with zero attached hydrogens (tertiary/aromatic N) is 3. The lowest BCUT2D eigenvalue weighted by Crippen LogP contribution is -2.36. The molecule has 0 bridgehead atoms. The molecule has 18 heavy (non-hydrogen) atoms. The first-order valence-electron chi connectivity index (χ1n) is 5.30. The van der Waals surface area contributed by atoms with Gasteiger partial charge in [0.05, 0.1) is 6.33 Å². The molecule has 0 unspecified atom stereocenters. The van der Waals surface area contributed by atoms with Crippen molar-refractivity contribution in [1.29, 1.82) is 0 Å². The maximum absolute atomic E-state index is 11.0. The van der Waals surface area contributed by atoms with Crippen molar-refractivity contribution in [2.24, 2.45) is 5.73 Å². The number of fused-ring (bicyclic) bond motifs is 1. The molecule has 0 aliphatic carbocycles. The van der Waals surface area contributed by atoms with E-state index in [9.17, 15) is 4.79 Å². The SMILES string of the molecule is CC(C)(CC(N)=O)Nc1nc(Cl)nc2nc[nH]c12. The number of rotatable bonds is 4. The Morgan fingerprint density at radius 3 is 2.94 bits per heavy atom. The number of nitrogens with two attached hydrogens (primary N) is 1. The van der Waals surface area contributed by atoms with Gasteiger partial charge in [0.2, 0.25) is 11.2 Å². The molecule has 0 radical (unpaired) electrons. The van der Waals surface area contributed by atoms with Gasteiger partial charge in [0.15, 0.2) is 11.5 Å². The van der Waals surface area contributed by atoms with Gasteiger partial charge in [0, 0.05) is 12.0 Å². The predicted octanol–water partition coefficient (Wildman–Crippen LogP) is 1.07. The molecular weight excluding hydrogens is 256 g/mol. The van der Waals surface area contributed by atoms with Crippen LogP contribution < -0.4 is 11.1 Å². The number of anilines is 1. The smallest absolute Gasteiger partial charge is 0.226 e. The van der Waals surface area contributed by atoms with Gasteiger partial charge in [-0.3, -0.25) is 4.79 Å². The number of aromatic nitrogens is 4. The van der Waals surface area contributed by atoms with Crippen molar-refractivity contribution in [2.75, 3.05) is 5.32 Å². The Kier molecular flexibility index (Phi) is 3.08. The Morgan fingerprint density at radius 1 is 1.56 bits per heavy atom. The van der Waals surface area contributed by atoms with Crippen LogP contribution in [0.4, 0.5) is 5.82 Å². The molecule has 2 rings (SSSR count). The molecule has 0 spiro atoms. The average Bonchev–Trinajstić information content (AvgIpc) is 2.61. The van der Waals surface area contributed by atoms with Crippen molar-refractivity contribution < 1.29 is 4.79 Å². The van der Waals surface area contributed by atoms with E-state index in [2.05, 4.69) is 25.3 Å². The van der Waals surface area contributed by atoms with Crippen molar-refractivity contribution in [3.8, 4) is 0 Å². The summed E-state index contributed by atoms with van der Waals surface area (Å²) in [5.74, 6) is 0.0993. The number of aromatic amines is 1. The molecule has 0 saturated carbocycles. The van der Waals surface area contributed by atoms with Crippen molar-refractivity contribution in [1.82, 2.24) is 19.9 Å². The summed E-state index contributed by atoms with van der Waals surface area (Å²) < 4.78 is 0. The Balaban J connectivity index is 2.36. The fourth-order valence-electron chi connectivity index (χ4n) is 1.70. The summed E-state index contributed by atoms with van der Waals surface area (Å²) in [6, 6.07) is 0. The molecule has 0 aromatic carbocycles. The minimum absolute atomic E-state index is 0.0898. The van der Waals surface area contributed by atoms with Crippen LogP contribution >= 0.6 is 11.6 Å². The third-order valence-corrected chi connectivity index (χ3v) is 2.50. The number of primary amides is 1. The van der Waals surface area contributed by atoms with Crippen LogP contribution in [-0.2, 0) is 4.79 Å². The monoisotopic (exact) mass is 268 g/mol. The van der Waals surface area contributed by atoms with Crippen LogP contribution in [0.5, 0.6) is 0 Å². The van der Waals surface area contributed by atoms with E-state index in [0.717, 1.165) is 0 Å². The van der Waals surface area contributed by atoms with E-state index >= 15 is 0 Å². The van der Waals surface area contributed by atoms with Crippen LogP contribution in [0.3, 0.4) is 0 Å². The van der Waals surface area contributed by atoms with Gasteiger partial charge in [-0.05, 0) is 25.4 Å². The lowest BCUT2D eigenvalue weighted by molar-refractivity contribution is -0.118. The maximum atomic E-state index is 11.0. The Hall–Kier alpha value is -1.89. The van der Waals surface area contributed by atoms with Crippen LogP contribution in [0.25, 0.3) is 11.2 Å². The van der Waals surface area contributed by atoms with E-state index in [1.54, 1.807) is 0 Å². The lowest BCUT2D eigenvalue weighted by atomic mass is 10.0. The van der Waals surface area contributed by atoms with E-state index < -0.39 is 11.4 Å².